The molecular weight excluding hydrogens is 144 g/mol. The molecule has 0 N–H and O–H groups in total. The summed E-state index contributed by atoms with van der Waals surface area (Å²) in [6.07, 6.45) is 16.0. The van der Waals surface area contributed by atoms with Gasteiger partial charge in [0.2, 0.25) is 0 Å². The summed E-state index contributed by atoms with van der Waals surface area (Å²) in [5, 5.41) is 0. The van der Waals surface area contributed by atoms with Crippen molar-refractivity contribution in [1.29, 1.82) is 0 Å². The molecule has 0 aromatic carbocycles. The van der Waals surface area contributed by atoms with Crippen LogP contribution in [0.2, 0.25) is 0 Å². The molecule has 0 radical (unpaired) electrons. The van der Waals surface area contributed by atoms with Crippen LogP contribution in [0.4, 0.5) is 0 Å². The van der Waals surface area contributed by atoms with E-state index >= 15 is 0 Å². The fourth-order valence-corrected chi connectivity index (χ4v) is 1.90. The van der Waals surface area contributed by atoms with E-state index in [9.17, 15) is 0 Å². The first-order chi connectivity index (χ1) is 5.89. The molecule has 12 heavy (non-hydrogen) atoms. The monoisotopic (exact) mass is 166 g/mol. The molecule has 1 aliphatic carbocycles. The van der Waals surface area contributed by atoms with Crippen molar-refractivity contribution in [3.63, 3.8) is 0 Å². The van der Waals surface area contributed by atoms with Gasteiger partial charge >= 0.3 is 0 Å². The summed E-state index contributed by atoms with van der Waals surface area (Å²) in [4.78, 5) is 0. The molecule has 0 saturated heterocycles. The van der Waals surface area contributed by atoms with E-state index in [1.54, 1.807) is 0 Å². The lowest BCUT2D eigenvalue weighted by molar-refractivity contribution is 0.452. The van der Waals surface area contributed by atoms with E-state index in [4.69, 9.17) is 0 Å². The molecule has 0 heteroatoms. The fraction of sp³-hybridized carbons (Fsp3) is 0.833. The molecule has 0 saturated carbocycles. The Balaban J connectivity index is 2.21. The van der Waals surface area contributed by atoms with Crippen LogP contribution in [-0.2, 0) is 0 Å². The van der Waals surface area contributed by atoms with Crippen molar-refractivity contribution in [2.45, 2.75) is 58.3 Å². The van der Waals surface area contributed by atoms with Gasteiger partial charge in [-0.25, -0.2) is 0 Å². The van der Waals surface area contributed by atoms with Crippen LogP contribution in [0.1, 0.15) is 58.3 Å². The van der Waals surface area contributed by atoms with Gasteiger partial charge in [-0.15, -0.1) is 0 Å². The van der Waals surface area contributed by atoms with Gasteiger partial charge in [0.1, 0.15) is 0 Å². The largest absolute Gasteiger partial charge is 0.0885 e. The van der Waals surface area contributed by atoms with Crippen LogP contribution < -0.4 is 0 Å². The molecule has 1 atom stereocenters. The standard InChI is InChI=1S/C12H22/c1-12-10-8-6-4-2-3-5-7-9-11-12/h2,4,12H,3,5-11H2,1H3/b4-2-. The topological polar surface area (TPSA) is 0 Å². The Bertz CT molecular complexity index is 124. The van der Waals surface area contributed by atoms with Gasteiger partial charge in [0, 0.05) is 0 Å². The highest BCUT2D eigenvalue weighted by molar-refractivity contribution is 4.81. The van der Waals surface area contributed by atoms with Gasteiger partial charge in [-0.3, -0.25) is 0 Å². The van der Waals surface area contributed by atoms with E-state index in [1.807, 2.05) is 0 Å². The molecule has 0 nitrogen and oxygen atoms in total. The highest BCUT2D eigenvalue weighted by Gasteiger charge is 2.01. The van der Waals surface area contributed by atoms with Gasteiger partial charge in [-0.1, -0.05) is 44.8 Å². The van der Waals surface area contributed by atoms with E-state index < -0.39 is 0 Å². The average molecular weight is 166 g/mol. The lowest BCUT2D eigenvalue weighted by Crippen LogP contribution is -1.93. The highest BCUT2D eigenvalue weighted by Crippen LogP contribution is 2.17. The zero-order valence-electron chi connectivity index (χ0n) is 8.39. The molecule has 70 valence electrons. The third kappa shape index (κ3) is 4.58. The molecule has 0 fully saturated rings. The van der Waals surface area contributed by atoms with Crippen molar-refractivity contribution in [1.82, 2.24) is 0 Å². The lowest BCUT2D eigenvalue weighted by Gasteiger charge is -2.08. The summed E-state index contributed by atoms with van der Waals surface area (Å²) in [6, 6.07) is 0. The van der Waals surface area contributed by atoms with Crippen LogP contribution in [-0.4, -0.2) is 0 Å². The molecule has 1 rings (SSSR count). The maximum atomic E-state index is 2.40. The Morgan fingerprint density at radius 1 is 0.833 bits per heavy atom. The molecule has 0 aromatic heterocycles. The summed E-state index contributed by atoms with van der Waals surface area (Å²) in [5.41, 5.74) is 0. The maximum Gasteiger partial charge on any atom is -0.0351 e. The molecule has 0 bridgehead atoms. The third-order valence-corrected chi connectivity index (χ3v) is 2.80. The summed E-state index contributed by atoms with van der Waals surface area (Å²) in [6.45, 7) is 2.40. The van der Waals surface area contributed by atoms with Crippen LogP contribution >= 0.6 is 0 Å². The Labute approximate surface area is 77.1 Å². The molecule has 0 aliphatic heterocycles. The smallest absolute Gasteiger partial charge is 0.0351 e. The van der Waals surface area contributed by atoms with Crippen LogP contribution in [0, 0.1) is 5.92 Å². The Kier molecular flexibility index (Phi) is 5.14. The zero-order valence-corrected chi connectivity index (χ0v) is 8.39. The van der Waals surface area contributed by atoms with Crippen molar-refractivity contribution in [2.75, 3.05) is 0 Å². The minimum Gasteiger partial charge on any atom is -0.0885 e. The Morgan fingerprint density at radius 2 is 1.50 bits per heavy atom. The predicted octanol–water partition coefficient (Wildman–Crippen LogP) is 4.31. The van der Waals surface area contributed by atoms with Crippen molar-refractivity contribution in [3.8, 4) is 0 Å². The Hall–Kier alpha value is -0.260. The molecule has 0 amide bonds. The second-order valence-electron chi connectivity index (χ2n) is 4.15. The van der Waals surface area contributed by atoms with Crippen molar-refractivity contribution in [2.24, 2.45) is 5.92 Å². The SMILES string of the molecule is CC1CCC/C=C\CCCCC1. The highest BCUT2D eigenvalue weighted by atomic mass is 14.1. The average Bonchev–Trinajstić information content (AvgIpc) is 2.11. The number of rotatable bonds is 0. The van der Waals surface area contributed by atoms with Crippen molar-refractivity contribution < 1.29 is 0 Å². The minimum atomic E-state index is 0.969. The summed E-state index contributed by atoms with van der Waals surface area (Å²) >= 11 is 0. The molecule has 1 unspecified atom stereocenters. The van der Waals surface area contributed by atoms with Crippen LogP contribution in [0.3, 0.4) is 0 Å². The first-order valence-corrected chi connectivity index (χ1v) is 5.54. The number of hydrogen-bond donors (Lipinski definition) is 0. The predicted molar refractivity (Wildman–Crippen MR) is 55.2 cm³/mol. The molecule has 0 spiro atoms. The van der Waals surface area contributed by atoms with E-state index in [1.165, 1.54) is 51.4 Å². The normalized spacial score (nSPS) is 30.6. The lowest BCUT2D eigenvalue weighted by atomic mass is 9.98. The van der Waals surface area contributed by atoms with E-state index in [-0.39, 0.29) is 0 Å². The second-order valence-corrected chi connectivity index (χ2v) is 4.15. The maximum absolute atomic E-state index is 2.40. The van der Waals surface area contributed by atoms with E-state index in [0.29, 0.717) is 0 Å². The van der Waals surface area contributed by atoms with Gasteiger partial charge in [-0.05, 0) is 31.6 Å². The molecule has 1 aliphatic rings. The molecule has 0 aromatic rings. The van der Waals surface area contributed by atoms with Gasteiger partial charge in [0.25, 0.3) is 0 Å². The van der Waals surface area contributed by atoms with Crippen LogP contribution in [0.5, 0.6) is 0 Å². The van der Waals surface area contributed by atoms with Crippen LogP contribution in [0.25, 0.3) is 0 Å². The Morgan fingerprint density at radius 3 is 2.33 bits per heavy atom. The summed E-state index contributed by atoms with van der Waals surface area (Å²) < 4.78 is 0. The van der Waals surface area contributed by atoms with Gasteiger partial charge in [0.05, 0.1) is 0 Å². The first-order valence-electron chi connectivity index (χ1n) is 5.54. The van der Waals surface area contributed by atoms with Gasteiger partial charge in [0.15, 0.2) is 0 Å². The van der Waals surface area contributed by atoms with Crippen molar-refractivity contribution >= 4 is 0 Å². The molecular formula is C12H22. The number of allylic oxidation sites excluding steroid dienone is 2. The summed E-state index contributed by atoms with van der Waals surface area (Å²) in [5.74, 6) is 0.969. The first kappa shape index (κ1) is 9.83. The minimum absolute atomic E-state index is 0.969. The van der Waals surface area contributed by atoms with E-state index in [0.717, 1.165) is 5.92 Å². The summed E-state index contributed by atoms with van der Waals surface area (Å²) in [7, 11) is 0. The van der Waals surface area contributed by atoms with Gasteiger partial charge < -0.3 is 0 Å². The van der Waals surface area contributed by atoms with Crippen LogP contribution in [0.15, 0.2) is 12.2 Å². The quantitative estimate of drug-likeness (QED) is 0.470. The zero-order chi connectivity index (χ0) is 8.65. The van der Waals surface area contributed by atoms with Crippen molar-refractivity contribution in [3.05, 3.63) is 12.2 Å². The molecule has 0 heterocycles. The van der Waals surface area contributed by atoms with Gasteiger partial charge in [-0.2, -0.15) is 0 Å². The second kappa shape index (κ2) is 6.28. The third-order valence-electron chi connectivity index (χ3n) is 2.80. The fourth-order valence-electron chi connectivity index (χ4n) is 1.90. The van der Waals surface area contributed by atoms with E-state index in [2.05, 4.69) is 19.1 Å². The number of hydrogen-bond acceptors (Lipinski definition) is 0.